The average Bonchev–Trinajstić information content (AvgIpc) is 2.87. The molecule has 1 unspecified atom stereocenters. The maximum atomic E-state index is 6.39. The van der Waals surface area contributed by atoms with Gasteiger partial charge < -0.3 is 19.1 Å². The van der Waals surface area contributed by atoms with E-state index in [1.54, 1.807) is 14.2 Å². The fourth-order valence-corrected chi connectivity index (χ4v) is 4.18. The highest BCUT2D eigenvalue weighted by Crippen LogP contribution is 2.29. The summed E-state index contributed by atoms with van der Waals surface area (Å²) in [4.78, 5) is 4.94. The van der Waals surface area contributed by atoms with Gasteiger partial charge in [0.2, 0.25) is 0 Å². The number of nitrogens with zero attached hydrogens (tertiary/aromatic N) is 2. The Morgan fingerprint density at radius 1 is 0.719 bits per heavy atom. The van der Waals surface area contributed by atoms with Crippen molar-refractivity contribution in [3.05, 3.63) is 84.4 Å². The summed E-state index contributed by atoms with van der Waals surface area (Å²) in [5, 5.41) is 0. The lowest BCUT2D eigenvalue weighted by Crippen LogP contribution is -2.47. The number of para-hydroxylation sites is 3. The highest BCUT2D eigenvalue weighted by Gasteiger charge is 2.21. The Hall–Kier alpha value is -3.18. The van der Waals surface area contributed by atoms with Gasteiger partial charge in [-0.25, -0.2) is 0 Å². The molecule has 0 aliphatic carbocycles. The largest absolute Gasteiger partial charge is 0.497 e. The first-order chi connectivity index (χ1) is 15.8. The molecule has 5 nitrogen and oxygen atoms in total. The molecule has 168 valence electrons. The van der Waals surface area contributed by atoms with Crippen LogP contribution in [-0.2, 0) is 0 Å². The molecule has 0 spiro atoms. The Balaban J connectivity index is 1.37. The van der Waals surface area contributed by atoms with Crippen LogP contribution in [0.4, 0.5) is 5.69 Å². The number of rotatable bonds is 9. The summed E-state index contributed by atoms with van der Waals surface area (Å²) < 4.78 is 17.3. The predicted octanol–water partition coefficient (Wildman–Crippen LogP) is 5.04. The molecule has 5 heteroatoms. The van der Waals surface area contributed by atoms with Crippen molar-refractivity contribution in [2.45, 2.75) is 12.5 Å². The average molecular weight is 433 g/mol. The van der Waals surface area contributed by atoms with Crippen molar-refractivity contribution < 1.29 is 14.2 Å². The molecule has 1 aliphatic heterocycles. The maximum Gasteiger partial charge on any atom is 0.142 e. The topological polar surface area (TPSA) is 34.2 Å². The van der Waals surface area contributed by atoms with E-state index in [1.807, 2.05) is 54.6 Å². The molecule has 3 aromatic rings. The first-order valence-corrected chi connectivity index (χ1v) is 11.2. The van der Waals surface area contributed by atoms with Gasteiger partial charge in [-0.1, -0.05) is 42.5 Å². The summed E-state index contributed by atoms with van der Waals surface area (Å²) in [6, 6.07) is 26.5. The van der Waals surface area contributed by atoms with Crippen molar-refractivity contribution in [3.63, 3.8) is 0 Å². The lowest BCUT2D eigenvalue weighted by atomic mass is 10.1. The van der Waals surface area contributed by atoms with Crippen molar-refractivity contribution in [1.29, 1.82) is 0 Å². The number of methoxy groups -OCH3 is 2. The fourth-order valence-electron chi connectivity index (χ4n) is 4.18. The van der Waals surface area contributed by atoms with E-state index >= 15 is 0 Å². The summed E-state index contributed by atoms with van der Waals surface area (Å²) in [6.45, 7) is 5.03. The van der Waals surface area contributed by atoms with E-state index in [2.05, 4.69) is 34.1 Å². The van der Waals surface area contributed by atoms with Crippen molar-refractivity contribution in [1.82, 2.24) is 4.90 Å². The van der Waals surface area contributed by atoms with Crippen LogP contribution < -0.4 is 19.1 Å². The molecule has 1 atom stereocenters. The van der Waals surface area contributed by atoms with E-state index in [1.165, 1.54) is 11.3 Å². The third-order valence-electron chi connectivity index (χ3n) is 6.01. The van der Waals surface area contributed by atoms with Crippen LogP contribution in [0.15, 0.2) is 78.9 Å². The number of benzene rings is 3. The van der Waals surface area contributed by atoms with E-state index in [-0.39, 0.29) is 6.10 Å². The summed E-state index contributed by atoms with van der Waals surface area (Å²) in [7, 11) is 3.43. The van der Waals surface area contributed by atoms with Crippen molar-refractivity contribution in [2.75, 3.05) is 51.8 Å². The van der Waals surface area contributed by atoms with Crippen molar-refractivity contribution in [2.24, 2.45) is 0 Å². The van der Waals surface area contributed by atoms with Crippen LogP contribution in [0.25, 0.3) is 0 Å². The Morgan fingerprint density at radius 3 is 2.09 bits per heavy atom. The second-order valence-electron chi connectivity index (χ2n) is 7.98. The maximum absolute atomic E-state index is 6.39. The monoisotopic (exact) mass is 432 g/mol. The Bertz CT molecular complexity index is 954. The zero-order chi connectivity index (χ0) is 22.2. The molecule has 4 rings (SSSR count). The fraction of sp³-hybridized carbons (Fsp3) is 0.333. The normalized spacial score (nSPS) is 15.2. The van der Waals surface area contributed by atoms with Gasteiger partial charge in [-0.3, -0.25) is 4.90 Å². The molecule has 32 heavy (non-hydrogen) atoms. The molecule has 1 fully saturated rings. The van der Waals surface area contributed by atoms with E-state index in [0.717, 1.165) is 56.4 Å². The summed E-state index contributed by atoms with van der Waals surface area (Å²) in [5.41, 5.74) is 2.35. The minimum Gasteiger partial charge on any atom is -0.497 e. The minimum atomic E-state index is -0.00412. The number of hydrogen-bond donors (Lipinski definition) is 0. The standard InChI is InChI=1S/C27H32N2O3/c1-30-23-14-12-22(13-15-23)26(32-24-8-4-3-5-9-24)16-17-28-18-20-29(21-19-28)25-10-6-7-11-27(25)31-2/h3-15,26H,16-21H2,1-2H3. The van der Waals surface area contributed by atoms with Crippen LogP contribution >= 0.6 is 0 Å². The Labute approximate surface area is 191 Å². The summed E-state index contributed by atoms with van der Waals surface area (Å²) in [5.74, 6) is 2.70. The number of hydrogen-bond acceptors (Lipinski definition) is 5. The highest BCUT2D eigenvalue weighted by molar-refractivity contribution is 5.58. The smallest absolute Gasteiger partial charge is 0.142 e. The van der Waals surface area contributed by atoms with Gasteiger partial charge in [-0.05, 0) is 42.0 Å². The predicted molar refractivity (Wildman–Crippen MR) is 129 cm³/mol. The van der Waals surface area contributed by atoms with Gasteiger partial charge in [-0.15, -0.1) is 0 Å². The molecular weight excluding hydrogens is 400 g/mol. The number of ether oxygens (including phenoxy) is 3. The minimum absolute atomic E-state index is 0.00412. The lowest BCUT2D eigenvalue weighted by molar-refractivity contribution is 0.160. The van der Waals surface area contributed by atoms with Crippen molar-refractivity contribution >= 4 is 5.69 Å². The Morgan fingerprint density at radius 2 is 1.41 bits per heavy atom. The van der Waals surface area contributed by atoms with Gasteiger partial charge in [0.15, 0.2) is 0 Å². The molecule has 0 amide bonds. The molecule has 1 heterocycles. The highest BCUT2D eigenvalue weighted by atomic mass is 16.5. The van der Waals surface area contributed by atoms with E-state index in [0.29, 0.717) is 0 Å². The Kier molecular flexibility index (Phi) is 7.51. The second kappa shape index (κ2) is 10.9. The molecule has 0 radical (unpaired) electrons. The van der Waals surface area contributed by atoms with Crippen LogP contribution in [0.3, 0.4) is 0 Å². The van der Waals surface area contributed by atoms with E-state index in [9.17, 15) is 0 Å². The quantitative estimate of drug-likeness (QED) is 0.473. The zero-order valence-electron chi connectivity index (χ0n) is 18.9. The van der Waals surface area contributed by atoms with Crippen LogP contribution in [0.2, 0.25) is 0 Å². The van der Waals surface area contributed by atoms with Crippen LogP contribution in [0.1, 0.15) is 18.1 Å². The van der Waals surface area contributed by atoms with Gasteiger partial charge in [0.05, 0.1) is 19.9 Å². The molecule has 3 aromatic carbocycles. The first kappa shape index (κ1) is 22.0. The lowest BCUT2D eigenvalue weighted by Gasteiger charge is -2.37. The van der Waals surface area contributed by atoms with Gasteiger partial charge in [0.1, 0.15) is 23.4 Å². The van der Waals surface area contributed by atoms with E-state index in [4.69, 9.17) is 14.2 Å². The van der Waals surface area contributed by atoms with E-state index < -0.39 is 0 Å². The first-order valence-electron chi connectivity index (χ1n) is 11.2. The molecule has 0 aromatic heterocycles. The molecule has 0 N–H and O–H groups in total. The van der Waals surface area contributed by atoms with Crippen molar-refractivity contribution in [3.8, 4) is 17.2 Å². The second-order valence-corrected chi connectivity index (χ2v) is 7.98. The van der Waals surface area contributed by atoms with Crippen LogP contribution in [0, 0.1) is 0 Å². The molecule has 1 aliphatic rings. The zero-order valence-corrected chi connectivity index (χ0v) is 18.9. The van der Waals surface area contributed by atoms with Gasteiger partial charge in [0, 0.05) is 39.1 Å². The molecule has 0 saturated carbocycles. The van der Waals surface area contributed by atoms with Crippen LogP contribution in [0.5, 0.6) is 17.2 Å². The third-order valence-corrected chi connectivity index (χ3v) is 6.01. The summed E-state index contributed by atoms with van der Waals surface area (Å²) >= 11 is 0. The third kappa shape index (κ3) is 5.54. The SMILES string of the molecule is COc1ccc(C(CCN2CCN(c3ccccc3OC)CC2)Oc2ccccc2)cc1. The van der Waals surface area contributed by atoms with Gasteiger partial charge in [-0.2, -0.15) is 0 Å². The number of anilines is 1. The molecule has 1 saturated heterocycles. The van der Waals surface area contributed by atoms with Gasteiger partial charge in [0.25, 0.3) is 0 Å². The van der Waals surface area contributed by atoms with Crippen LogP contribution in [-0.4, -0.2) is 51.8 Å². The van der Waals surface area contributed by atoms with Gasteiger partial charge >= 0.3 is 0 Å². The summed E-state index contributed by atoms with van der Waals surface area (Å²) in [6.07, 6.45) is 0.922. The number of piperazine rings is 1. The molecular formula is C27H32N2O3. The molecule has 0 bridgehead atoms.